The van der Waals surface area contributed by atoms with Crippen LogP contribution in [0.15, 0.2) is 0 Å². The number of ether oxygens (including phenoxy) is 1. The Balaban J connectivity index is 3.14. The van der Waals surface area contributed by atoms with Crippen LogP contribution in [-0.2, 0) is 9.53 Å². The van der Waals surface area contributed by atoms with Crippen molar-refractivity contribution in [2.45, 2.75) is 37.7 Å². The van der Waals surface area contributed by atoms with Gasteiger partial charge in [-0.15, -0.1) is 0 Å². The maximum Gasteiger partial charge on any atom is 0.351 e. The predicted octanol–water partition coefficient (Wildman–Crippen LogP) is 2.80. The predicted molar refractivity (Wildman–Crippen MR) is 48.9 cm³/mol. The van der Waals surface area contributed by atoms with E-state index in [0.717, 1.165) is 25.7 Å². The second kappa shape index (κ2) is 7.53. The summed E-state index contributed by atoms with van der Waals surface area (Å²) >= 11 is 2.48. The minimum absolute atomic E-state index is 0.324. The molecule has 0 aliphatic carbocycles. The van der Waals surface area contributed by atoms with E-state index in [1.807, 2.05) is 0 Å². The number of rotatable bonds is 6. The molecule has 0 saturated heterocycles. The van der Waals surface area contributed by atoms with E-state index >= 15 is 0 Å². The molecule has 4 heteroatoms. The van der Waals surface area contributed by atoms with Gasteiger partial charge in [-0.1, -0.05) is 26.2 Å². The van der Waals surface area contributed by atoms with Crippen molar-refractivity contribution in [1.29, 1.82) is 0 Å². The van der Waals surface area contributed by atoms with Crippen LogP contribution in [0.5, 0.6) is 0 Å². The van der Waals surface area contributed by atoms with Gasteiger partial charge in [0.2, 0.25) is 0 Å². The number of hydrogen-bond donors (Lipinski definition) is 0. The molecule has 0 unspecified atom stereocenters. The fourth-order valence-electron chi connectivity index (χ4n) is 0.765. The average Bonchev–Trinajstić information content (AvgIpc) is 2.03. The first-order valence-corrected chi connectivity index (χ1v) is 5.04. The molecular weight excluding hydrogens is 227 g/mol. The van der Waals surface area contributed by atoms with Gasteiger partial charge in [0.1, 0.15) is 0 Å². The second-order valence-corrected chi connectivity index (χ2v) is 3.33. The van der Waals surface area contributed by atoms with E-state index in [1.54, 1.807) is 0 Å². The van der Waals surface area contributed by atoms with E-state index in [1.165, 1.54) is 0 Å². The highest BCUT2D eigenvalue weighted by Crippen LogP contribution is 2.04. The van der Waals surface area contributed by atoms with Crippen LogP contribution in [0.2, 0.25) is 0 Å². The van der Waals surface area contributed by atoms with Crippen LogP contribution >= 0.6 is 15.9 Å². The minimum Gasteiger partial charge on any atom is -0.463 e. The summed E-state index contributed by atoms with van der Waals surface area (Å²) < 4.78 is 16.7. The topological polar surface area (TPSA) is 26.3 Å². The van der Waals surface area contributed by atoms with Crippen LogP contribution < -0.4 is 0 Å². The molecular formula is C8H14BrFO2. The first-order chi connectivity index (χ1) is 5.68. The highest BCUT2D eigenvalue weighted by atomic mass is 79.9. The summed E-state index contributed by atoms with van der Waals surface area (Å²) in [5, 5.41) is -1.68. The number of unbranched alkanes of at least 4 members (excludes halogenated alkanes) is 3. The summed E-state index contributed by atoms with van der Waals surface area (Å²) in [6, 6.07) is 0. The second-order valence-electron chi connectivity index (χ2n) is 2.53. The van der Waals surface area contributed by atoms with Crippen LogP contribution in [0.25, 0.3) is 0 Å². The third-order valence-corrected chi connectivity index (χ3v) is 1.79. The molecule has 12 heavy (non-hydrogen) atoms. The fraction of sp³-hybridized carbons (Fsp3) is 0.875. The molecule has 0 aromatic rings. The zero-order valence-electron chi connectivity index (χ0n) is 7.19. The van der Waals surface area contributed by atoms with Gasteiger partial charge in [-0.25, -0.2) is 9.18 Å². The zero-order valence-corrected chi connectivity index (χ0v) is 8.77. The minimum atomic E-state index is -1.68. The van der Waals surface area contributed by atoms with Crippen molar-refractivity contribution >= 4 is 21.9 Å². The third kappa shape index (κ3) is 6.58. The first-order valence-electron chi connectivity index (χ1n) is 4.13. The van der Waals surface area contributed by atoms with Gasteiger partial charge in [0.05, 0.1) is 6.61 Å². The van der Waals surface area contributed by atoms with E-state index in [4.69, 9.17) is 0 Å². The summed E-state index contributed by atoms with van der Waals surface area (Å²) in [5.41, 5.74) is 0. The van der Waals surface area contributed by atoms with Crippen LogP contribution in [0, 0.1) is 0 Å². The Hall–Kier alpha value is -0.120. The Morgan fingerprint density at radius 1 is 1.50 bits per heavy atom. The zero-order chi connectivity index (χ0) is 9.40. The lowest BCUT2D eigenvalue weighted by atomic mass is 10.2. The summed E-state index contributed by atoms with van der Waals surface area (Å²) in [7, 11) is 0. The Morgan fingerprint density at radius 3 is 2.67 bits per heavy atom. The van der Waals surface area contributed by atoms with Crippen LogP contribution in [0.1, 0.15) is 32.6 Å². The fourth-order valence-corrected chi connectivity index (χ4v) is 0.897. The maximum absolute atomic E-state index is 12.1. The Labute approximate surface area is 80.6 Å². The van der Waals surface area contributed by atoms with Crippen molar-refractivity contribution in [2.75, 3.05) is 6.61 Å². The maximum atomic E-state index is 12.1. The standard InChI is InChI=1S/C8H14BrFO2/c1-2-3-4-5-6-12-8(11)7(9)10/h7H,2-6H2,1H3/t7-/m0/s1. The smallest absolute Gasteiger partial charge is 0.351 e. The van der Waals surface area contributed by atoms with Crippen LogP contribution in [0.3, 0.4) is 0 Å². The molecule has 0 radical (unpaired) electrons. The SMILES string of the molecule is CCCCCCOC(=O)[C@H](F)Br. The summed E-state index contributed by atoms with van der Waals surface area (Å²) in [6.45, 7) is 2.42. The molecule has 2 nitrogen and oxygen atoms in total. The Morgan fingerprint density at radius 2 is 2.17 bits per heavy atom. The molecule has 0 aromatic carbocycles. The van der Waals surface area contributed by atoms with Gasteiger partial charge < -0.3 is 4.74 Å². The number of carbonyl (C=O) groups excluding carboxylic acids is 1. The lowest BCUT2D eigenvalue weighted by molar-refractivity contribution is -0.145. The number of esters is 1. The molecule has 0 aromatic heterocycles. The van der Waals surface area contributed by atoms with Crippen molar-refractivity contribution in [3.63, 3.8) is 0 Å². The van der Waals surface area contributed by atoms with Crippen molar-refractivity contribution in [1.82, 2.24) is 0 Å². The Bertz CT molecular complexity index is 128. The number of halogens is 2. The molecule has 0 N–H and O–H groups in total. The van der Waals surface area contributed by atoms with Crippen LogP contribution in [0.4, 0.5) is 4.39 Å². The largest absolute Gasteiger partial charge is 0.463 e. The highest BCUT2D eigenvalue weighted by molar-refractivity contribution is 9.09. The van der Waals surface area contributed by atoms with Gasteiger partial charge in [-0.3, -0.25) is 0 Å². The molecule has 0 aliphatic heterocycles. The van der Waals surface area contributed by atoms with E-state index in [2.05, 4.69) is 27.6 Å². The molecule has 0 spiro atoms. The Kier molecular flexibility index (Phi) is 7.45. The molecule has 0 heterocycles. The molecule has 0 rings (SSSR count). The summed E-state index contributed by atoms with van der Waals surface area (Å²) in [4.78, 5) is 10.5. The lowest BCUT2D eigenvalue weighted by Crippen LogP contribution is -2.13. The van der Waals surface area contributed by atoms with Gasteiger partial charge in [0.15, 0.2) is 0 Å². The van der Waals surface area contributed by atoms with E-state index in [0.29, 0.717) is 6.61 Å². The van der Waals surface area contributed by atoms with Crippen molar-refractivity contribution in [3.05, 3.63) is 0 Å². The first kappa shape index (κ1) is 11.9. The molecule has 0 amide bonds. The van der Waals surface area contributed by atoms with Crippen molar-refractivity contribution < 1.29 is 13.9 Å². The monoisotopic (exact) mass is 240 g/mol. The number of alkyl halides is 2. The van der Waals surface area contributed by atoms with Gasteiger partial charge in [0, 0.05) is 0 Å². The number of hydrogen-bond acceptors (Lipinski definition) is 2. The van der Waals surface area contributed by atoms with Gasteiger partial charge in [0.25, 0.3) is 5.08 Å². The van der Waals surface area contributed by atoms with E-state index in [9.17, 15) is 9.18 Å². The summed E-state index contributed by atoms with van der Waals surface area (Å²) in [6.07, 6.45) is 4.12. The van der Waals surface area contributed by atoms with Crippen molar-refractivity contribution in [2.24, 2.45) is 0 Å². The van der Waals surface area contributed by atoms with E-state index < -0.39 is 11.1 Å². The van der Waals surface area contributed by atoms with Gasteiger partial charge >= 0.3 is 5.97 Å². The normalized spacial score (nSPS) is 12.6. The van der Waals surface area contributed by atoms with Gasteiger partial charge in [-0.2, -0.15) is 0 Å². The highest BCUT2D eigenvalue weighted by Gasteiger charge is 2.13. The molecule has 0 fully saturated rings. The van der Waals surface area contributed by atoms with E-state index in [-0.39, 0.29) is 0 Å². The third-order valence-electron chi connectivity index (χ3n) is 1.42. The van der Waals surface area contributed by atoms with Crippen LogP contribution in [-0.4, -0.2) is 17.7 Å². The molecule has 0 saturated carbocycles. The quantitative estimate of drug-likeness (QED) is 0.406. The molecule has 72 valence electrons. The lowest BCUT2D eigenvalue weighted by Gasteiger charge is -2.03. The molecule has 0 aliphatic rings. The van der Waals surface area contributed by atoms with Gasteiger partial charge in [-0.05, 0) is 22.4 Å². The number of carbonyl (C=O) groups is 1. The molecule has 1 atom stereocenters. The summed E-state index contributed by atoms with van der Waals surface area (Å²) in [5.74, 6) is -0.827. The van der Waals surface area contributed by atoms with Crippen molar-refractivity contribution in [3.8, 4) is 0 Å². The molecule has 0 bridgehead atoms. The average molecular weight is 241 g/mol.